The molecular formula is C12H29ClN2O3. The molecule has 0 saturated carbocycles. The van der Waals surface area contributed by atoms with Crippen molar-refractivity contribution in [3.05, 3.63) is 0 Å². The summed E-state index contributed by atoms with van der Waals surface area (Å²) in [6, 6.07) is 0.705. The minimum atomic E-state index is -0.525. The highest BCUT2D eigenvalue weighted by atomic mass is 35.5. The number of halogens is 1. The van der Waals surface area contributed by atoms with Gasteiger partial charge < -0.3 is 25.6 Å². The van der Waals surface area contributed by atoms with Crippen LogP contribution in [0, 0.1) is 0 Å². The summed E-state index contributed by atoms with van der Waals surface area (Å²) in [5, 5.41) is 25.3. The molecule has 112 valence electrons. The minimum Gasteiger partial charge on any atom is -0.389 e. The first-order valence-electron chi connectivity index (χ1n) is 6.32. The van der Waals surface area contributed by atoms with Gasteiger partial charge in [0.05, 0.1) is 25.4 Å². The van der Waals surface area contributed by atoms with Crippen molar-refractivity contribution in [3.63, 3.8) is 0 Å². The van der Waals surface area contributed by atoms with Gasteiger partial charge in [-0.15, -0.1) is 12.4 Å². The normalized spacial score (nSPS) is 14.7. The summed E-state index contributed by atoms with van der Waals surface area (Å²) in [5.74, 6) is 0. The Hall–Kier alpha value is 0.0900. The van der Waals surface area contributed by atoms with Gasteiger partial charge in [0.15, 0.2) is 0 Å². The van der Waals surface area contributed by atoms with Gasteiger partial charge in [-0.25, -0.2) is 0 Å². The van der Waals surface area contributed by atoms with Crippen LogP contribution in [0.1, 0.15) is 27.7 Å². The fraction of sp³-hybridized carbons (Fsp3) is 1.00. The second kappa shape index (κ2) is 12.1. The van der Waals surface area contributed by atoms with Gasteiger partial charge in [-0.05, 0) is 0 Å². The van der Waals surface area contributed by atoms with Crippen LogP contribution in [0.15, 0.2) is 0 Å². The molecule has 0 bridgehead atoms. The van der Waals surface area contributed by atoms with Crippen molar-refractivity contribution in [2.45, 2.75) is 52.0 Å². The molecule has 0 aliphatic rings. The zero-order valence-corrected chi connectivity index (χ0v) is 12.7. The first-order valence-corrected chi connectivity index (χ1v) is 6.32. The molecule has 0 rings (SSSR count). The smallest absolute Gasteiger partial charge is 0.0897 e. The molecule has 6 heteroatoms. The summed E-state index contributed by atoms with van der Waals surface area (Å²) in [5.41, 5.74) is 0. The average molecular weight is 285 g/mol. The topological polar surface area (TPSA) is 73.8 Å². The van der Waals surface area contributed by atoms with Gasteiger partial charge in [0.1, 0.15) is 0 Å². The molecule has 0 aliphatic heterocycles. The molecule has 0 radical (unpaired) electrons. The number of ether oxygens (including phenoxy) is 1. The Bertz CT molecular complexity index is 165. The number of hydrogen-bond donors (Lipinski definition) is 4. The maximum absolute atomic E-state index is 9.54. The van der Waals surface area contributed by atoms with Gasteiger partial charge in [0.25, 0.3) is 0 Å². The summed E-state index contributed by atoms with van der Waals surface area (Å²) in [6.07, 6.45) is -1.05. The fourth-order valence-corrected chi connectivity index (χ4v) is 1.20. The van der Waals surface area contributed by atoms with Gasteiger partial charge in [-0.1, -0.05) is 27.7 Å². The summed E-state index contributed by atoms with van der Waals surface area (Å²) in [7, 11) is 0. The molecule has 0 heterocycles. The molecule has 0 aromatic heterocycles. The predicted molar refractivity (Wildman–Crippen MR) is 76.4 cm³/mol. The lowest BCUT2D eigenvalue weighted by atomic mass is 10.3. The van der Waals surface area contributed by atoms with Crippen LogP contribution >= 0.6 is 12.4 Å². The Morgan fingerprint density at radius 2 is 1.17 bits per heavy atom. The molecule has 4 N–H and O–H groups in total. The lowest BCUT2D eigenvalue weighted by Gasteiger charge is -2.17. The first kappa shape index (κ1) is 20.4. The maximum Gasteiger partial charge on any atom is 0.0897 e. The molecule has 0 amide bonds. The van der Waals surface area contributed by atoms with Crippen LogP contribution in [-0.4, -0.2) is 60.8 Å². The van der Waals surface area contributed by atoms with Crippen molar-refractivity contribution in [1.82, 2.24) is 10.6 Å². The molecule has 18 heavy (non-hydrogen) atoms. The third-order valence-corrected chi connectivity index (χ3v) is 2.14. The molecule has 0 spiro atoms. The van der Waals surface area contributed by atoms with E-state index in [0.717, 1.165) is 0 Å². The molecule has 0 aromatic rings. The van der Waals surface area contributed by atoms with Crippen molar-refractivity contribution in [2.24, 2.45) is 0 Å². The lowest BCUT2D eigenvalue weighted by Crippen LogP contribution is -2.37. The minimum absolute atomic E-state index is 0. The van der Waals surface area contributed by atoms with Gasteiger partial charge in [0.2, 0.25) is 0 Å². The second-order valence-corrected chi connectivity index (χ2v) is 4.97. The summed E-state index contributed by atoms with van der Waals surface area (Å²) < 4.78 is 5.24. The lowest BCUT2D eigenvalue weighted by molar-refractivity contribution is -0.00718. The quantitative estimate of drug-likeness (QED) is 0.459. The largest absolute Gasteiger partial charge is 0.389 e. The van der Waals surface area contributed by atoms with Crippen LogP contribution in [-0.2, 0) is 4.74 Å². The molecule has 2 atom stereocenters. The Morgan fingerprint density at radius 3 is 1.44 bits per heavy atom. The van der Waals surface area contributed by atoms with Crippen molar-refractivity contribution in [2.75, 3.05) is 26.3 Å². The second-order valence-electron chi connectivity index (χ2n) is 4.97. The van der Waals surface area contributed by atoms with E-state index in [0.29, 0.717) is 25.2 Å². The average Bonchev–Trinajstić information content (AvgIpc) is 2.23. The number of aliphatic hydroxyl groups is 2. The van der Waals surface area contributed by atoms with E-state index in [1.807, 2.05) is 27.7 Å². The zero-order valence-electron chi connectivity index (χ0n) is 11.8. The van der Waals surface area contributed by atoms with E-state index in [4.69, 9.17) is 4.74 Å². The first-order chi connectivity index (χ1) is 7.91. The van der Waals surface area contributed by atoms with Gasteiger partial charge >= 0.3 is 0 Å². The number of aliphatic hydroxyl groups excluding tert-OH is 2. The summed E-state index contributed by atoms with van der Waals surface area (Å²) in [6.45, 7) is 9.61. The third-order valence-electron chi connectivity index (χ3n) is 2.14. The maximum atomic E-state index is 9.54. The highest BCUT2D eigenvalue weighted by Crippen LogP contribution is 1.90. The zero-order chi connectivity index (χ0) is 13.3. The van der Waals surface area contributed by atoms with Crippen LogP contribution < -0.4 is 10.6 Å². The van der Waals surface area contributed by atoms with E-state index in [1.54, 1.807) is 0 Å². The molecule has 5 nitrogen and oxygen atoms in total. The molecule has 0 aromatic carbocycles. The van der Waals surface area contributed by atoms with Crippen molar-refractivity contribution >= 4 is 12.4 Å². The summed E-state index contributed by atoms with van der Waals surface area (Å²) >= 11 is 0. The van der Waals surface area contributed by atoms with Crippen molar-refractivity contribution < 1.29 is 14.9 Å². The Morgan fingerprint density at radius 1 is 0.833 bits per heavy atom. The Labute approximate surface area is 117 Å². The third kappa shape index (κ3) is 14.2. The monoisotopic (exact) mass is 284 g/mol. The van der Waals surface area contributed by atoms with E-state index in [-0.39, 0.29) is 25.6 Å². The van der Waals surface area contributed by atoms with E-state index < -0.39 is 12.2 Å². The van der Waals surface area contributed by atoms with Crippen LogP contribution in [0.5, 0.6) is 0 Å². The molecule has 2 unspecified atom stereocenters. The van der Waals surface area contributed by atoms with E-state index in [2.05, 4.69) is 10.6 Å². The SMILES string of the molecule is CC(C)NCC(O)COCC(O)CNC(C)C.Cl. The van der Waals surface area contributed by atoms with Crippen molar-refractivity contribution in [3.8, 4) is 0 Å². The highest BCUT2D eigenvalue weighted by Gasteiger charge is 2.08. The number of rotatable bonds is 10. The van der Waals surface area contributed by atoms with Gasteiger partial charge in [-0.3, -0.25) is 0 Å². The molecular weight excluding hydrogens is 256 g/mol. The highest BCUT2D eigenvalue weighted by molar-refractivity contribution is 5.85. The van der Waals surface area contributed by atoms with Crippen LogP contribution in [0.3, 0.4) is 0 Å². The number of hydrogen-bond acceptors (Lipinski definition) is 5. The molecule has 0 saturated heterocycles. The predicted octanol–water partition coefficient (Wildman–Crippen LogP) is 0.143. The van der Waals surface area contributed by atoms with E-state index in [1.165, 1.54) is 0 Å². The Balaban J connectivity index is 0. The van der Waals surface area contributed by atoms with E-state index in [9.17, 15) is 10.2 Å². The van der Waals surface area contributed by atoms with Crippen molar-refractivity contribution in [1.29, 1.82) is 0 Å². The number of nitrogens with one attached hydrogen (secondary N) is 2. The molecule has 0 fully saturated rings. The van der Waals surface area contributed by atoms with Gasteiger partial charge in [0, 0.05) is 25.2 Å². The standard InChI is InChI=1S/C12H28N2O3.ClH/c1-9(2)13-5-11(15)7-17-8-12(16)6-14-10(3)4;/h9-16H,5-8H2,1-4H3;1H. The fourth-order valence-electron chi connectivity index (χ4n) is 1.20. The molecule has 0 aliphatic carbocycles. The Kier molecular flexibility index (Phi) is 13.8. The summed E-state index contributed by atoms with van der Waals surface area (Å²) in [4.78, 5) is 0. The van der Waals surface area contributed by atoms with Crippen LogP contribution in [0.4, 0.5) is 0 Å². The van der Waals surface area contributed by atoms with Crippen LogP contribution in [0.2, 0.25) is 0 Å². The van der Waals surface area contributed by atoms with Gasteiger partial charge in [-0.2, -0.15) is 0 Å². The van der Waals surface area contributed by atoms with Crippen LogP contribution in [0.25, 0.3) is 0 Å². The van der Waals surface area contributed by atoms with E-state index >= 15 is 0 Å².